The predicted octanol–water partition coefficient (Wildman–Crippen LogP) is 0.757. The van der Waals surface area contributed by atoms with Crippen molar-refractivity contribution in [3.8, 4) is 0 Å². The van der Waals surface area contributed by atoms with Crippen LogP contribution < -0.4 is 0 Å². The fraction of sp³-hybridized carbons (Fsp3) is 1.00. The van der Waals surface area contributed by atoms with Crippen molar-refractivity contribution in [3.05, 3.63) is 0 Å². The lowest BCUT2D eigenvalue weighted by Gasteiger charge is -2.26. The van der Waals surface area contributed by atoms with Crippen LogP contribution in [0.3, 0.4) is 0 Å². The Hall–Kier alpha value is 0.200. The lowest BCUT2D eigenvalue weighted by Crippen LogP contribution is -2.41. The van der Waals surface area contributed by atoms with Gasteiger partial charge in [0.2, 0.25) is 0 Å². The molecule has 5 heteroatoms. The van der Waals surface area contributed by atoms with E-state index in [1.54, 1.807) is 6.92 Å². The summed E-state index contributed by atoms with van der Waals surface area (Å²) in [5, 5.41) is 9.10. The fourth-order valence-corrected chi connectivity index (χ4v) is 2.01. The predicted molar refractivity (Wildman–Crippen MR) is 45.4 cm³/mol. The van der Waals surface area contributed by atoms with Crippen LogP contribution in [0.15, 0.2) is 0 Å². The first-order valence-corrected chi connectivity index (χ1v) is 5.59. The van der Waals surface area contributed by atoms with Crippen LogP contribution >= 0.6 is 11.6 Å². The minimum absolute atomic E-state index is 0.199. The summed E-state index contributed by atoms with van der Waals surface area (Å²) in [6, 6.07) is 0. The maximum Gasteiger partial charge on any atom is 0.170 e. The number of hydrogen-bond donors (Lipinski definition) is 1. The summed E-state index contributed by atoms with van der Waals surface area (Å²) in [5.74, 6) is 0. The molecule has 0 heterocycles. The molecule has 0 aromatic rings. The number of hydrogen-bond acceptors (Lipinski definition) is 3. The molecule has 3 nitrogen and oxygen atoms in total. The Morgan fingerprint density at radius 1 is 1.64 bits per heavy atom. The van der Waals surface area contributed by atoms with E-state index in [2.05, 4.69) is 0 Å². The van der Waals surface area contributed by atoms with Crippen molar-refractivity contribution in [2.24, 2.45) is 0 Å². The number of alkyl halides is 1. The molecular formula is C6H13ClO3S. The average Bonchev–Trinajstić information content (AvgIpc) is 1.83. The quantitative estimate of drug-likeness (QED) is 0.685. The van der Waals surface area contributed by atoms with Crippen LogP contribution in [-0.2, 0) is 9.84 Å². The summed E-state index contributed by atoms with van der Waals surface area (Å²) in [7, 11) is -3.40. The molecular weight excluding hydrogens is 188 g/mol. The third-order valence-corrected chi connectivity index (χ3v) is 5.01. The Labute approximate surface area is 72.3 Å². The molecule has 0 aromatic carbocycles. The summed E-state index contributed by atoms with van der Waals surface area (Å²) in [4.78, 5) is 0. The zero-order valence-electron chi connectivity index (χ0n) is 6.83. The van der Waals surface area contributed by atoms with Crippen molar-refractivity contribution < 1.29 is 13.5 Å². The number of aliphatic hydroxyl groups is 1. The number of aliphatic hydroxyl groups excluding tert-OH is 1. The van der Waals surface area contributed by atoms with Crippen molar-refractivity contribution >= 4 is 21.4 Å². The van der Waals surface area contributed by atoms with Crippen LogP contribution in [0.5, 0.6) is 0 Å². The molecule has 0 unspecified atom stereocenters. The van der Waals surface area contributed by atoms with Crippen LogP contribution in [0.25, 0.3) is 0 Å². The Balaban J connectivity index is 4.92. The molecule has 0 aromatic heterocycles. The maximum absolute atomic E-state index is 11.0. The summed E-state index contributed by atoms with van der Waals surface area (Å²) < 4.78 is 20.5. The highest BCUT2D eigenvalue weighted by Gasteiger charge is 2.41. The monoisotopic (exact) mass is 200 g/mol. The summed E-state index contributed by atoms with van der Waals surface area (Å²) >= 11 is 5.70. The van der Waals surface area contributed by atoms with Crippen LogP contribution in [-0.4, -0.2) is 30.1 Å². The van der Waals surface area contributed by atoms with Gasteiger partial charge in [-0.05, 0) is 13.3 Å². The highest BCUT2D eigenvalue weighted by molar-refractivity contribution is 7.93. The van der Waals surface area contributed by atoms with Gasteiger partial charge in [0.1, 0.15) is 0 Å². The van der Waals surface area contributed by atoms with Gasteiger partial charge < -0.3 is 5.11 Å². The van der Waals surface area contributed by atoms with Crippen molar-refractivity contribution in [2.45, 2.75) is 30.6 Å². The van der Waals surface area contributed by atoms with Gasteiger partial charge >= 0.3 is 0 Å². The van der Waals surface area contributed by atoms with E-state index in [9.17, 15) is 8.42 Å². The third kappa shape index (κ3) is 2.07. The second-order valence-electron chi connectivity index (χ2n) is 2.59. The van der Waals surface area contributed by atoms with Gasteiger partial charge in [0.05, 0.1) is 6.10 Å². The van der Waals surface area contributed by atoms with Gasteiger partial charge in [-0.15, -0.1) is 0 Å². The number of sulfone groups is 1. The molecule has 68 valence electrons. The lowest BCUT2D eigenvalue weighted by molar-refractivity contribution is 0.172. The van der Waals surface area contributed by atoms with Crippen molar-refractivity contribution in [1.82, 2.24) is 0 Å². The van der Waals surface area contributed by atoms with Gasteiger partial charge in [-0.2, -0.15) is 0 Å². The summed E-state index contributed by atoms with van der Waals surface area (Å²) in [6.45, 7) is 3.00. The van der Waals surface area contributed by atoms with Crippen molar-refractivity contribution in [1.29, 1.82) is 0 Å². The first-order chi connectivity index (χ1) is 4.75. The summed E-state index contributed by atoms with van der Waals surface area (Å²) in [5.41, 5.74) is 0. The van der Waals surface area contributed by atoms with Gasteiger partial charge in [-0.3, -0.25) is 0 Å². The second kappa shape index (κ2) is 3.29. The molecule has 0 bridgehead atoms. The van der Waals surface area contributed by atoms with E-state index in [0.717, 1.165) is 6.26 Å². The Morgan fingerprint density at radius 2 is 2.00 bits per heavy atom. The first kappa shape index (κ1) is 11.2. The van der Waals surface area contributed by atoms with Crippen LogP contribution in [0, 0.1) is 0 Å². The normalized spacial score (nSPS) is 20.8. The van der Waals surface area contributed by atoms with Gasteiger partial charge in [-0.1, -0.05) is 18.5 Å². The van der Waals surface area contributed by atoms with E-state index in [-0.39, 0.29) is 6.42 Å². The first-order valence-electron chi connectivity index (χ1n) is 3.32. The zero-order chi connectivity index (χ0) is 9.28. The molecule has 0 aliphatic rings. The van der Waals surface area contributed by atoms with Gasteiger partial charge in [0.25, 0.3) is 0 Å². The van der Waals surface area contributed by atoms with Crippen molar-refractivity contribution in [3.63, 3.8) is 0 Å². The molecule has 2 atom stereocenters. The Bertz CT molecular complexity index is 222. The molecule has 0 aliphatic carbocycles. The zero-order valence-corrected chi connectivity index (χ0v) is 8.41. The standard InChI is InChI=1S/C6H13ClO3S/c1-4-6(7,5(2)8)11(3,9)10/h5,8H,4H2,1-3H3/t5-,6+/m1/s1. The fourth-order valence-electron chi connectivity index (χ4n) is 0.867. The van der Waals surface area contributed by atoms with E-state index in [1.807, 2.05) is 0 Å². The average molecular weight is 201 g/mol. The van der Waals surface area contributed by atoms with E-state index in [1.165, 1.54) is 6.92 Å². The topological polar surface area (TPSA) is 54.4 Å². The van der Waals surface area contributed by atoms with Crippen LogP contribution in [0.4, 0.5) is 0 Å². The minimum atomic E-state index is -3.40. The molecule has 0 saturated carbocycles. The second-order valence-corrected chi connectivity index (χ2v) is 5.76. The molecule has 11 heavy (non-hydrogen) atoms. The van der Waals surface area contributed by atoms with Gasteiger partial charge in [0, 0.05) is 6.26 Å². The molecule has 0 spiro atoms. The van der Waals surface area contributed by atoms with E-state index < -0.39 is 20.1 Å². The van der Waals surface area contributed by atoms with Gasteiger partial charge in [-0.25, -0.2) is 8.42 Å². The highest BCUT2D eigenvalue weighted by Crippen LogP contribution is 2.29. The Kier molecular flexibility index (Phi) is 3.35. The minimum Gasteiger partial charge on any atom is -0.390 e. The molecule has 1 N–H and O–H groups in total. The largest absolute Gasteiger partial charge is 0.390 e. The smallest absolute Gasteiger partial charge is 0.170 e. The van der Waals surface area contributed by atoms with Gasteiger partial charge in [0.15, 0.2) is 14.0 Å². The molecule has 0 radical (unpaired) electrons. The highest BCUT2D eigenvalue weighted by atomic mass is 35.5. The summed E-state index contributed by atoms with van der Waals surface area (Å²) in [6.07, 6.45) is 0.172. The molecule has 0 aliphatic heterocycles. The SMILES string of the molecule is CC[C@@](Cl)([C@@H](C)O)S(C)(=O)=O. The lowest BCUT2D eigenvalue weighted by atomic mass is 10.2. The molecule has 0 rings (SSSR count). The molecule has 0 fully saturated rings. The van der Waals surface area contributed by atoms with E-state index in [4.69, 9.17) is 16.7 Å². The Morgan fingerprint density at radius 3 is 2.00 bits per heavy atom. The van der Waals surface area contributed by atoms with Crippen LogP contribution in [0.1, 0.15) is 20.3 Å². The number of rotatable bonds is 3. The molecule has 0 saturated heterocycles. The molecule has 0 amide bonds. The van der Waals surface area contributed by atoms with Crippen molar-refractivity contribution in [2.75, 3.05) is 6.26 Å². The van der Waals surface area contributed by atoms with E-state index in [0.29, 0.717) is 0 Å². The van der Waals surface area contributed by atoms with E-state index >= 15 is 0 Å². The number of halogens is 1. The third-order valence-electron chi connectivity index (χ3n) is 1.72. The van der Waals surface area contributed by atoms with Crippen LogP contribution in [0.2, 0.25) is 0 Å². The maximum atomic E-state index is 11.0.